The summed E-state index contributed by atoms with van der Waals surface area (Å²) >= 11 is 0. The van der Waals surface area contributed by atoms with Gasteiger partial charge in [0.2, 0.25) is 0 Å². The highest BCUT2D eigenvalue weighted by Gasteiger charge is 2.39. The molecule has 2 aliphatic rings. The molecule has 2 N–H and O–H groups in total. The van der Waals surface area contributed by atoms with Crippen molar-refractivity contribution in [3.8, 4) is 28.3 Å². The van der Waals surface area contributed by atoms with Crippen molar-refractivity contribution in [1.82, 2.24) is 19.0 Å². The number of carbonyl (C=O) groups excluding carboxylic acids is 2. The van der Waals surface area contributed by atoms with Crippen LogP contribution in [0.15, 0.2) is 67.1 Å². The third-order valence-electron chi connectivity index (χ3n) is 6.69. The van der Waals surface area contributed by atoms with Crippen LogP contribution in [-0.4, -0.2) is 49.6 Å². The third kappa shape index (κ3) is 3.88. The monoisotopic (exact) mass is 491 g/mol. The predicted octanol–water partition coefficient (Wildman–Crippen LogP) is 4.43. The topological polar surface area (TPSA) is 93.8 Å². The Labute approximate surface area is 214 Å². The van der Waals surface area contributed by atoms with Crippen molar-refractivity contribution in [2.24, 2.45) is 5.73 Å². The van der Waals surface area contributed by atoms with Crippen LogP contribution in [0.25, 0.3) is 33.2 Å². The van der Waals surface area contributed by atoms with E-state index in [2.05, 4.69) is 26.7 Å². The molecule has 1 saturated heterocycles. The molecule has 0 radical (unpaired) electrons. The number of carbonyl (C=O) groups is 2. The summed E-state index contributed by atoms with van der Waals surface area (Å²) < 4.78 is 4.19. The zero-order valence-corrected chi connectivity index (χ0v) is 20.5. The smallest absolute Gasteiger partial charge is 0.331 e. The second kappa shape index (κ2) is 8.18. The lowest BCUT2D eigenvalue weighted by molar-refractivity contribution is -0.125. The molecule has 9 heteroatoms. The maximum Gasteiger partial charge on any atom is 0.331 e. The number of urea groups is 1. The number of fused-ring (bicyclic) bond motifs is 5. The van der Waals surface area contributed by atoms with Gasteiger partial charge in [0.1, 0.15) is 6.54 Å². The standard InChI is InChI=1S/C28H25N7O2/c1-28(2,29)17-35-25(36)16-34(27(35)37)22-8-9-23-20(12-22)15-32-14-19(18-4-6-21(30-3)7-5-18)13-24(32)26-31-10-11-33(23)26/h4-14H,15-17,29H2,1-2H3. The first-order valence-corrected chi connectivity index (χ1v) is 12.0. The molecule has 2 aliphatic heterocycles. The summed E-state index contributed by atoms with van der Waals surface area (Å²) in [6.07, 6.45) is 5.78. The minimum atomic E-state index is -0.675. The summed E-state index contributed by atoms with van der Waals surface area (Å²) in [5.74, 6) is 0.566. The van der Waals surface area contributed by atoms with Gasteiger partial charge in [0, 0.05) is 48.5 Å². The van der Waals surface area contributed by atoms with E-state index >= 15 is 0 Å². The molecule has 2 aromatic carbocycles. The van der Waals surface area contributed by atoms with Crippen molar-refractivity contribution in [3.63, 3.8) is 0 Å². The van der Waals surface area contributed by atoms with Gasteiger partial charge in [-0.1, -0.05) is 24.3 Å². The molecular weight excluding hydrogens is 466 g/mol. The molecule has 6 rings (SSSR count). The number of hydrogen-bond acceptors (Lipinski definition) is 4. The van der Waals surface area contributed by atoms with Crippen LogP contribution in [0, 0.1) is 6.57 Å². The Bertz CT molecular complexity index is 1600. The number of rotatable bonds is 4. The van der Waals surface area contributed by atoms with Crippen LogP contribution < -0.4 is 10.6 Å². The Morgan fingerprint density at radius 2 is 1.84 bits per heavy atom. The fraction of sp³-hybridized carbons (Fsp3) is 0.214. The quantitative estimate of drug-likeness (QED) is 0.297. The lowest BCUT2D eigenvalue weighted by Gasteiger charge is -2.25. The molecule has 0 aliphatic carbocycles. The molecule has 0 saturated carbocycles. The third-order valence-corrected chi connectivity index (χ3v) is 6.69. The van der Waals surface area contributed by atoms with Gasteiger partial charge in [-0.2, -0.15) is 0 Å². The van der Waals surface area contributed by atoms with Crippen molar-refractivity contribution < 1.29 is 9.59 Å². The number of imidazole rings is 1. The Hall–Kier alpha value is -4.68. The lowest BCUT2D eigenvalue weighted by Crippen LogP contribution is -2.48. The van der Waals surface area contributed by atoms with Crippen molar-refractivity contribution in [2.75, 3.05) is 18.0 Å². The molecule has 184 valence electrons. The van der Waals surface area contributed by atoms with Crippen molar-refractivity contribution >= 4 is 23.3 Å². The molecule has 0 unspecified atom stereocenters. The molecule has 37 heavy (non-hydrogen) atoms. The highest BCUT2D eigenvalue weighted by Crippen LogP contribution is 2.36. The second-order valence-electron chi connectivity index (χ2n) is 10.2. The Morgan fingerprint density at radius 3 is 2.57 bits per heavy atom. The van der Waals surface area contributed by atoms with E-state index in [1.165, 1.54) is 9.80 Å². The van der Waals surface area contributed by atoms with Gasteiger partial charge in [-0.25, -0.2) is 14.6 Å². The summed E-state index contributed by atoms with van der Waals surface area (Å²) in [5, 5.41) is 0. The Balaban J connectivity index is 1.38. The zero-order chi connectivity index (χ0) is 25.9. The van der Waals surface area contributed by atoms with Gasteiger partial charge in [0.05, 0.1) is 18.0 Å². The van der Waals surface area contributed by atoms with Gasteiger partial charge in [-0.3, -0.25) is 19.2 Å². The minimum absolute atomic E-state index is 0.0104. The molecule has 0 spiro atoms. The number of benzene rings is 2. The maximum absolute atomic E-state index is 13.1. The number of nitrogens with two attached hydrogens (primary N) is 1. The van der Waals surface area contributed by atoms with Crippen LogP contribution >= 0.6 is 0 Å². The number of amides is 3. The van der Waals surface area contributed by atoms with Crippen LogP contribution in [0.1, 0.15) is 19.4 Å². The fourth-order valence-electron chi connectivity index (χ4n) is 4.99. The molecule has 4 aromatic rings. The van der Waals surface area contributed by atoms with Gasteiger partial charge < -0.3 is 10.3 Å². The van der Waals surface area contributed by atoms with E-state index in [4.69, 9.17) is 12.3 Å². The van der Waals surface area contributed by atoms with Crippen LogP contribution in [-0.2, 0) is 11.3 Å². The molecule has 0 atom stereocenters. The molecule has 9 nitrogen and oxygen atoms in total. The van der Waals surface area contributed by atoms with E-state index in [1.54, 1.807) is 20.0 Å². The Morgan fingerprint density at radius 1 is 1.05 bits per heavy atom. The molecule has 1 fully saturated rings. The molecular formula is C28H25N7O2. The summed E-state index contributed by atoms with van der Waals surface area (Å²) in [4.78, 5) is 36.6. The number of nitrogens with zero attached hydrogens (tertiary/aromatic N) is 6. The second-order valence-corrected chi connectivity index (χ2v) is 10.2. The van der Waals surface area contributed by atoms with E-state index in [9.17, 15) is 9.59 Å². The van der Waals surface area contributed by atoms with E-state index < -0.39 is 5.54 Å². The van der Waals surface area contributed by atoms with E-state index in [-0.39, 0.29) is 25.0 Å². The van der Waals surface area contributed by atoms with Gasteiger partial charge in [-0.05, 0) is 49.2 Å². The van der Waals surface area contributed by atoms with E-state index in [0.717, 1.165) is 33.9 Å². The highest BCUT2D eigenvalue weighted by atomic mass is 16.2. The zero-order valence-electron chi connectivity index (χ0n) is 20.5. The first-order chi connectivity index (χ1) is 17.7. The van der Waals surface area contributed by atoms with Crippen LogP contribution in [0.2, 0.25) is 0 Å². The lowest BCUT2D eigenvalue weighted by atomic mass is 10.1. The number of anilines is 1. The predicted molar refractivity (Wildman–Crippen MR) is 141 cm³/mol. The SMILES string of the molecule is [C-]#[N+]c1ccc(-c2cc3n(c2)Cc2cc(N4CC(=O)N(CC(C)(C)N)C4=O)ccc2-n2ccnc2-3)cc1. The minimum Gasteiger partial charge on any atom is -0.340 e. The van der Waals surface area contributed by atoms with Crippen molar-refractivity contribution in [2.45, 2.75) is 25.9 Å². The average molecular weight is 492 g/mol. The normalized spacial score (nSPS) is 14.8. The van der Waals surface area contributed by atoms with Crippen molar-refractivity contribution in [3.05, 3.63) is 84.1 Å². The van der Waals surface area contributed by atoms with Crippen LogP contribution in [0.5, 0.6) is 0 Å². The number of hydrogen-bond donors (Lipinski definition) is 1. The van der Waals surface area contributed by atoms with Gasteiger partial charge >= 0.3 is 6.03 Å². The summed E-state index contributed by atoms with van der Waals surface area (Å²) in [6, 6.07) is 15.1. The number of aromatic nitrogens is 3. The molecule has 0 bridgehead atoms. The maximum atomic E-state index is 13.1. The summed E-state index contributed by atoms with van der Waals surface area (Å²) in [7, 11) is 0. The molecule has 4 heterocycles. The van der Waals surface area contributed by atoms with Gasteiger partial charge in [0.15, 0.2) is 11.5 Å². The van der Waals surface area contributed by atoms with Crippen molar-refractivity contribution in [1.29, 1.82) is 0 Å². The fourth-order valence-corrected chi connectivity index (χ4v) is 4.99. The summed E-state index contributed by atoms with van der Waals surface area (Å²) in [5.41, 5.74) is 11.7. The molecule has 3 amide bonds. The Kier molecular flexibility index (Phi) is 5.03. The van der Waals surface area contributed by atoms with Gasteiger partial charge in [-0.15, -0.1) is 0 Å². The van der Waals surface area contributed by atoms with E-state index in [1.807, 2.05) is 53.2 Å². The largest absolute Gasteiger partial charge is 0.340 e. The molecule has 2 aromatic heterocycles. The highest BCUT2D eigenvalue weighted by molar-refractivity contribution is 6.12. The summed E-state index contributed by atoms with van der Waals surface area (Å²) in [6.45, 7) is 11.5. The number of imide groups is 1. The van der Waals surface area contributed by atoms with Crippen LogP contribution in [0.4, 0.5) is 16.2 Å². The van der Waals surface area contributed by atoms with Crippen LogP contribution in [0.3, 0.4) is 0 Å². The first-order valence-electron chi connectivity index (χ1n) is 12.0. The van der Waals surface area contributed by atoms with E-state index in [0.29, 0.717) is 17.9 Å². The van der Waals surface area contributed by atoms with Gasteiger partial charge in [0.25, 0.3) is 5.91 Å². The average Bonchev–Trinajstić information content (AvgIpc) is 3.56. The first kappa shape index (κ1) is 22.8.